The van der Waals surface area contributed by atoms with Crippen LogP contribution in [0.5, 0.6) is 5.75 Å². The first kappa shape index (κ1) is 12.1. The highest BCUT2D eigenvalue weighted by atomic mass is 32.1. The van der Waals surface area contributed by atoms with Crippen molar-refractivity contribution in [1.29, 1.82) is 0 Å². The van der Waals surface area contributed by atoms with Crippen LogP contribution in [0.1, 0.15) is 16.0 Å². The minimum Gasteiger partial charge on any atom is -0.493 e. The molecule has 0 fully saturated rings. The molecule has 0 radical (unpaired) electrons. The van der Waals surface area contributed by atoms with Gasteiger partial charge >= 0.3 is 0 Å². The quantitative estimate of drug-likeness (QED) is 0.881. The van der Waals surface area contributed by atoms with Crippen molar-refractivity contribution >= 4 is 11.3 Å². The van der Waals surface area contributed by atoms with E-state index in [-0.39, 0.29) is 0 Å². The van der Waals surface area contributed by atoms with Gasteiger partial charge in [-0.05, 0) is 41.6 Å². The molecule has 0 amide bonds. The molecule has 0 aliphatic rings. The van der Waals surface area contributed by atoms with Crippen LogP contribution >= 0.6 is 11.3 Å². The minimum absolute atomic E-state index is 0.585. The van der Waals surface area contributed by atoms with Gasteiger partial charge in [0.15, 0.2) is 0 Å². The molecular weight excluding hydrogens is 230 g/mol. The number of benzene rings is 1. The largest absolute Gasteiger partial charge is 0.493 e. The number of hydrogen-bond donors (Lipinski definition) is 1. The van der Waals surface area contributed by atoms with E-state index in [1.807, 2.05) is 12.1 Å². The normalized spacial score (nSPS) is 10.5. The van der Waals surface area contributed by atoms with Gasteiger partial charge in [-0.3, -0.25) is 0 Å². The van der Waals surface area contributed by atoms with E-state index in [9.17, 15) is 0 Å². The Morgan fingerprint density at radius 1 is 1.29 bits per heavy atom. The van der Waals surface area contributed by atoms with E-state index in [1.54, 1.807) is 11.3 Å². The molecule has 0 aliphatic heterocycles. The first-order chi connectivity index (χ1) is 8.29. The third-order valence-corrected chi connectivity index (χ3v) is 3.67. The van der Waals surface area contributed by atoms with Crippen LogP contribution in [0.25, 0.3) is 0 Å². The first-order valence-corrected chi connectivity index (χ1v) is 6.62. The van der Waals surface area contributed by atoms with Gasteiger partial charge in [0.25, 0.3) is 0 Å². The van der Waals surface area contributed by atoms with Crippen molar-refractivity contribution < 1.29 is 4.74 Å². The number of ether oxygens (including phenoxy) is 1. The summed E-state index contributed by atoms with van der Waals surface area (Å²) in [6.07, 6.45) is 0.968. The van der Waals surface area contributed by atoms with Crippen molar-refractivity contribution in [1.82, 2.24) is 0 Å². The van der Waals surface area contributed by atoms with E-state index >= 15 is 0 Å². The van der Waals surface area contributed by atoms with Crippen molar-refractivity contribution in [2.24, 2.45) is 5.73 Å². The van der Waals surface area contributed by atoms with Gasteiger partial charge in [0.2, 0.25) is 0 Å². The first-order valence-electron chi connectivity index (χ1n) is 5.74. The minimum atomic E-state index is 0.585. The summed E-state index contributed by atoms with van der Waals surface area (Å²) in [4.78, 5) is 1.36. The summed E-state index contributed by atoms with van der Waals surface area (Å²) < 4.78 is 5.73. The summed E-state index contributed by atoms with van der Waals surface area (Å²) in [6.45, 7) is 3.37. The lowest BCUT2D eigenvalue weighted by molar-refractivity contribution is 0.322. The summed E-state index contributed by atoms with van der Waals surface area (Å²) >= 11 is 1.77. The highest BCUT2D eigenvalue weighted by Crippen LogP contribution is 2.17. The molecule has 90 valence electrons. The molecule has 1 aromatic heterocycles. The number of hydrogen-bond acceptors (Lipinski definition) is 3. The summed E-state index contributed by atoms with van der Waals surface area (Å²) in [5.41, 5.74) is 8.00. The number of thiophene rings is 1. The molecule has 17 heavy (non-hydrogen) atoms. The van der Waals surface area contributed by atoms with Crippen LogP contribution in [-0.4, -0.2) is 6.61 Å². The Hall–Kier alpha value is -1.32. The molecular formula is C14H17NOS. The van der Waals surface area contributed by atoms with E-state index in [0.29, 0.717) is 6.54 Å². The molecule has 0 spiro atoms. The van der Waals surface area contributed by atoms with Crippen molar-refractivity contribution in [3.63, 3.8) is 0 Å². The Bertz CT molecular complexity index is 465. The second kappa shape index (κ2) is 5.84. The zero-order chi connectivity index (χ0) is 12.1. The van der Waals surface area contributed by atoms with E-state index in [1.165, 1.54) is 16.0 Å². The molecule has 2 aromatic rings. The molecule has 0 bridgehead atoms. The fourth-order valence-electron chi connectivity index (χ4n) is 1.71. The molecule has 3 heteroatoms. The molecule has 0 atom stereocenters. The zero-order valence-corrected chi connectivity index (χ0v) is 10.8. The van der Waals surface area contributed by atoms with E-state index in [0.717, 1.165) is 18.8 Å². The third-order valence-electron chi connectivity index (χ3n) is 2.73. The average molecular weight is 247 g/mol. The highest BCUT2D eigenvalue weighted by molar-refractivity contribution is 7.09. The number of aryl methyl sites for hydroxylation is 1. The van der Waals surface area contributed by atoms with Crippen LogP contribution < -0.4 is 10.5 Å². The van der Waals surface area contributed by atoms with Crippen molar-refractivity contribution in [3.05, 3.63) is 51.7 Å². The van der Waals surface area contributed by atoms with Gasteiger partial charge in [0.05, 0.1) is 6.61 Å². The molecule has 0 saturated carbocycles. The van der Waals surface area contributed by atoms with E-state index in [4.69, 9.17) is 10.5 Å². The Labute approximate surface area is 106 Å². The maximum Gasteiger partial charge on any atom is 0.119 e. The standard InChI is InChI=1S/C14H17NOS/c1-11-9-13(5-4-12(11)10-15)16-7-6-14-3-2-8-17-14/h2-5,8-9H,6-7,10,15H2,1H3. The van der Waals surface area contributed by atoms with E-state index < -0.39 is 0 Å². The van der Waals surface area contributed by atoms with Gasteiger partial charge in [-0.2, -0.15) is 0 Å². The maximum absolute atomic E-state index is 5.73. The van der Waals surface area contributed by atoms with E-state index in [2.05, 4.69) is 30.5 Å². The predicted molar refractivity (Wildman–Crippen MR) is 72.6 cm³/mol. The fraction of sp³-hybridized carbons (Fsp3) is 0.286. The molecule has 2 rings (SSSR count). The Morgan fingerprint density at radius 2 is 2.18 bits per heavy atom. The monoisotopic (exact) mass is 247 g/mol. The summed E-state index contributed by atoms with van der Waals surface area (Å²) in [5.74, 6) is 0.927. The SMILES string of the molecule is Cc1cc(OCCc2cccs2)ccc1CN. The van der Waals surface area contributed by atoms with Gasteiger partial charge in [0.1, 0.15) is 5.75 Å². The van der Waals surface area contributed by atoms with Gasteiger partial charge in [-0.1, -0.05) is 12.1 Å². The molecule has 2 nitrogen and oxygen atoms in total. The molecule has 0 aliphatic carbocycles. The molecule has 1 heterocycles. The van der Waals surface area contributed by atoms with Crippen LogP contribution in [0, 0.1) is 6.92 Å². The van der Waals surface area contributed by atoms with Crippen LogP contribution in [0.3, 0.4) is 0 Å². The zero-order valence-electron chi connectivity index (χ0n) is 9.98. The van der Waals surface area contributed by atoms with Crippen molar-refractivity contribution in [2.45, 2.75) is 19.9 Å². The second-order valence-electron chi connectivity index (χ2n) is 3.97. The van der Waals surface area contributed by atoms with Crippen LogP contribution in [-0.2, 0) is 13.0 Å². The van der Waals surface area contributed by atoms with Crippen LogP contribution in [0.15, 0.2) is 35.7 Å². The van der Waals surface area contributed by atoms with Crippen LogP contribution in [0.2, 0.25) is 0 Å². The Kier molecular flexibility index (Phi) is 4.18. The Balaban J connectivity index is 1.89. The molecule has 1 aromatic carbocycles. The highest BCUT2D eigenvalue weighted by Gasteiger charge is 2.00. The smallest absolute Gasteiger partial charge is 0.119 e. The topological polar surface area (TPSA) is 35.2 Å². The maximum atomic E-state index is 5.73. The number of rotatable bonds is 5. The lowest BCUT2D eigenvalue weighted by atomic mass is 10.1. The molecule has 2 N–H and O–H groups in total. The third kappa shape index (κ3) is 3.32. The summed E-state index contributed by atoms with van der Waals surface area (Å²) in [5, 5.41) is 2.09. The number of nitrogens with two attached hydrogens (primary N) is 1. The summed E-state index contributed by atoms with van der Waals surface area (Å²) in [6, 6.07) is 10.3. The van der Waals surface area contributed by atoms with Gasteiger partial charge < -0.3 is 10.5 Å². The van der Waals surface area contributed by atoms with Crippen molar-refractivity contribution in [2.75, 3.05) is 6.61 Å². The second-order valence-corrected chi connectivity index (χ2v) is 5.00. The van der Waals surface area contributed by atoms with Gasteiger partial charge in [-0.25, -0.2) is 0 Å². The summed E-state index contributed by atoms with van der Waals surface area (Å²) in [7, 11) is 0. The van der Waals surface area contributed by atoms with Crippen LogP contribution in [0.4, 0.5) is 0 Å². The molecule has 0 unspecified atom stereocenters. The molecule has 0 saturated heterocycles. The average Bonchev–Trinajstić information content (AvgIpc) is 2.82. The van der Waals surface area contributed by atoms with Gasteiger partial charge in [-0.15, -0.1) is 11.3 Å². The lowest BCUT2D eigenvalue weighted by Crippen LogP contribution is -2.02. The predicted octanol–water partition coefficient (Wildman–Crippen LogP) is 3.14. The lowest BCUT2D eigenvalue weighted by Gasteiger charge is -2.08. The van der Waals surface area contributed by atoms with Crippen molar-refractivity contribution in [3.8, 4) is 5.75 Å². The van der Waals surface area contributed by atoms with Gasteiger partial charge in [0, 0.05) is 17.8 Å². The fourth-order valence-corrected chi connectivity index (χ4v) is 2.40. The Morgan fingerprint density at radius 3 is 2.82 bits per heavy atom.